The summed E-state index contributed by atoms with van der Waals surface area (Å²) in [7, 11) is 3.32. The Morgan fingerprint density at radius 3 is 2.19 bits per heavy atom. The molecule has 0 saturated heterocycles. The Bertz CT molecular complexity index is 1300. The Kier molecular flexibility index (Phi) is 5.46. The van der Waals surface area contributed by atoms with Crippen molar-refractivity contribution >= 4 is 16.5 Å². The predicted octanol–water partition coefficient (Wildman–Crippen LogP) is 6.20. The first-order valence-corrected chi connectivity index (χ1v) is 11.0. The van der Waals surface area contributed by atoms with E-state index in [1.807, 2.05) is 12.1 Å². The van der Waals surface area contributed by atoms with Gasteiger partial charge in [0.25, 0.3) is 0 Å². The Labute approximate surface area is 188 Å². The molecule has 2 heterocycles. The van der Waals surface area contributed by atoms with Crippen molar-refractivity contribution in [3.05, 3.63) is 77.9 Å². The number of aromatic amines is 1. The van der Waals surface area contributed by atoms with Crippen LogP contribution in [0, 0.1) is 6.92 Å². The molecule has 0 radical (unpaired) electrons. The van der Waals surface area contributed by atoms with E-state index in [1.165, 1.54) is 33.2 Å². The van der Waals surface area contributed by atoms with E-state index < -0.39 is 0 Å². The monoisotopic (exact) mass is 424 g/mol. The van der Waals surface area contributed by atoms with Gasteiger partial charge in [-0.05, 0) is 78.0 Å². The van der Waals surface area contributed by atoms with E-state index in [1.54, 1.807) is 14.2 Å². The van der Waals surface area contributed by atoms with Crippen molar-refractivity contribution < 1.29 is 9.47 Å². The van der Waals surface area contributed by atoms with Crippen molar-refractivity contribution in [2.75, 3.05) is 27.3 Å². The molecule has 4 aromatic rings. The van der Waals surface area contributed by atoms with Crippen molar-refractivity contribution in [1.82, 2.24) is 10.3 Å². The van der Waals surface area contributed by atoms with Gasteiger partial charge in [-0.25, -0.2) is 0 Å². The average Bonchev–Trinajstić information content (AvgIpc) is 3.20. The molecule has 1 aromatic heterocycles. The lowest BCUT2D eigenvalue weighted by Crippen LogP contribution is -2.19. The topological polar surface area (TPSA) is 46.3 Å². The number of H-pyrrole nitrogens is 1. The fourth-order valence-electron chi connectivity index (χ4n) is 4.55. The van der Waals surface area contributed by atoms with E-state index in [0.717, 1.165) is 47.8 Å². The third-order valence-corrected chi connectivity index (χ3v) is 6.38. The van der Waals surface area contributed by atoms with Crippen LogP contribution < -0.4 is 14.8 Å². The molecule has 5 rings (SSSR count). The molecule has 0 bridgehead atoms. The molecule has 4 nitrogen and oxygen atoms in total. The zero-order chi connectivity index (χ0) is 22.1. The van der Waals surface area contributed by atoms with Gasteiger partial charge in [0.15, 0.2) is 11.5 Å². The lowest BCUT2D eigenvalue weighted by molar-refractivity contribution is 0.355. The highest BCUT2D eigenvalue weighted by Crippen LogP contribution is 2.37. The van der Waals surface area contributed by atoms with Gasteiger partial charge in [0.1, 0.15) is 0 Å². The summed E-state index contributed by atoms with van der Waals surface area (Å²) in [5.41, 5.74) is 9.77. The highest BCUT2D eigenvalue weighted by Gasteiger charge is 2.14. The first kappa shape index (κ1) is 20.4. The maximum Gasteiger partial charge on any atom is 0.161 e. The van der Waals surface area contributed by atoms with E-state index in [0.29, 0.717) is 0 Å². The number of hydrogen-bond donors (Lipinski definition) is 2. The molecule has 162 valence electrons. The number of aromatic nitrogens is 1. The largest absolute Gasteiger partial charge is 0.493 e. The van der Waals surface area contributed by atoms with Crippen LogP contribution in [0.5, 0.6) is 11.5 Å². The van der Waals surface area contributed by atoms with Crippen molar-refractivity contribution in [3.8, 4) is 33.9 Å². The molecule has 0 saturated carbocycles. The highest BCUT2D eigenvalue weighted by atomic mass is 16.5. The van der Waals surface area contributed by atoms with E-state index in [9.17, 15) is 0 Å². The number of nitrogens with one attached hydrogen (secondary N) is 2. The van der Waals surface area contributed by atoms with Gasteiger partial charge >= 0.3 is 0 Å². The minimum absolute atomic E-state index is 0.729. The van der Waals surface area contributed by atoms with Gasteiger partial charge in [-0.1, -0.05) is 36.4 Å². The highest BCUT2D eigenvalue weighted by molar-refractivity contribution is 5.93. The van der Waals surface area contributed by atoms with Gasteiger partial charge in [-0.2, -0.15) is 0 Å². The van der Waals surface area contributed by atoms with E-state index in [4.69, 9.17) is 9.47 Å². The molecule has 0 spiro atoms. The van der Waals surface area contributed by atoms with Crippen molar-refractivity contribution in [3.63, 3.8) is 0 Å². The molecule has 32 heavy (non-hydrogen) atoms. The predicted molar refractivity (Wildman–Crippen MR) is 132 cm³/mol. The van der Waals surface area contributed by atoms with Crippen LogP contribution in [0.15, 0.2) is 66.7 Å². The maximum absolute atomic E-state index is 5.50. The molecular weight excluding hydrogens is 396 g/mol. The number of hydrogen-bond acceptors (Lipinski definition) is 3. The first-order chi connectivity index (χ1) is 15.7. The van der Waals surface area contributed by atoms with Crippen molar-refractivity contribution in [2.45, 2.75) is 13.3 Å². The normalized spacial score (nSPS) is 13.8. The van der Waals surface area contributed by atoms with Crippen LogP contribution in [0.1, 0.15) is 17.5 Å². The molecule has 3 aromatic carbocycles. The second-order valence-electron chi connectivity index (χ2n) is 8.22. The summed E-state index contributed by atoms with van der Waals surface area (Å²) in [5, 5.41) is 4.61. The quantitative estimate of drug-likeness (QED) is 0.401. The second kappa shape index (κ2) is 8.56. The molecular formula is C28H28N2O2. The zero-order valence-corrected chi connectivity index (χ0v) is 18.8. The molecule has 0 fully saturated rings. The van der Waals surface area contributed by atoms with Crippen LogP contribution in [0.4, 0.5) is 0 Å². The molecule has 0 unspecified atom stereocenters. The summed E-state index contributed by atoms with van der Waals surface area (Å²) in [4.78, 5) is 3.59. The number of ether oxygens (including phenoxy) is 2. The van der Waals surface area contributed by atoms with Gasteiger partial charge in [-0.15, -0.1) is 0 Å². The Balaban J connectivity index is 1.50. The maximum atomic E-state index is 5.50. The van der Waals surface area contributed by atoms with E-state index in [-0.39, 0.29) is 0 Å². The van der Waals surface area contributed by atoms with Crippen LogP contribution in [-0.4, -0.2) is 32.3 Å². The fourth-order valence-corrected chi connectivity index (χ4v) is 4.55. The number of rotatable bonds is 5. The molecule has 1 aliphatic heterocycles. The fraction of sp³-hybridized carbons (Fsp3) is 0.214. The third-order valence-electron chi connectivity index (χ3n) is 6.38. The van der Waals surface area contributed by atoms with Crippen LogP contribution in [0.25, 0.3) is 38.9 Å². The van der Waals surface area contributed by atoms with Crippen molar-refractivity contribution in [2.24, 2.45) is 0 Å². The minimum Gasteiger partial charge on any atom is -0.493 e. The van der Waals surface area contributed by atoms with Gasteiger partial charge in [0.2, 0.25) is 0 Å². The molecule has 0 amide bonds. The number of fused-ring (bicyclic) bond motifs is 1. The molecule has 0 atom stereocenters. The summed E-state index contributed by atoms with van der Waals surface area (Å²) < 4.78 is 10.9. The summed E-state index contributed by atoms with van der Waals surface area (Å²) in [5.74, 6) is 1.46. The zero-order valence-electron chi connectivity index (χ0n) is 18.8. The average molecular weight is 425 g/mol. The lowest BCUT2D eigenvalue weighted by Gasteiger charge is -2.14. The SMILES string of the molecule is COc1ccc(-c2[nH]c3ccc(-c4ccc(C5=CCNCC5)cc4)cc3c2C)cc1OC. The van der Waals surface area contributed by atoms with E-state index >= 15 is 0 Å². The molecule has 0 aliphatic carbocycles. The first-order valence-electron chi connectivity index (χ1n) is 11.0. The van der Waals surface area contributed by atoms with Crippen LogP contribution in [0.2, 0.25) is 0 Å². The summed E-state index contributed by atoms with van der Waals surface area (Å²) in [6, 6.07) is 21.6. The van der Waals surface area contributed by atoms with Gasteiger partial charge in [-0.3, -0.25) is 0 Å². The summed E-state index contributed by atoms with van der Waals surface area (Å²) >= 11 is 0. The second-order valence-corrected chi connectivity index (χ2v) is 8.22. The smallest absolute Gasteiger partial charge is 0.161 e. The lowest BCUT2D eigenvalue weighted by atomic mass is 9.96. The standard InChI is InChI=1S/C28H28N2O2/c1-18-24-16-22(20-6-4-19(5-7-20)21-12-14-29-15-13-21)8-10-25(24)30-28(18)23-9-11-26(31-2)27(17-23)32-3/h4-12,16-17,29-30H,13-15H2,1-3H3. The van der Waals surface area contributed by atoms with Crippen molar-refractivity contribution in [1.29, 1.82) is 0 Å². The molecule has 4 heteroatoms. The van der Waals surface area contributed by atoms with Crippen LogP contribution >= 0.6 is 0 Å². The Morgan fingerprint density at radius 1 is 0.750 bits per heavy atom. The third kappa shape index (κ3) is 3.67. The minimum atomic E-state index is 0.729. The number of benzene rings is 3. The van der Waals surface area contributed by atoms with Gasteiger partial charge in [0.05, 0.1) is 14.2 Å². The summed E-state index contributed by atoms with van der Waals surface area (Å²) in [6.07, 6.45) is 3.39. The van der Waals surface area contributed by atoms with E-state index in [2.05, 4.69) is 71.8 Å². The van der Waals surface area contributed by atoms with Gasteiger partial charge in [0, 0.05) is 28.7 Å². The van der Waals surface area contributed by atoms with Gasteiger partial charge < -0.3 is 19.8 Å². The van der Waals surface area contributed by atoms with Crippen LogP contribution in [0.3, 0.4) is 0 Å². The number of methoxy groups -OCH3 is 2. The number of aryl methyl sites for hydroxylation is 1. The Hall–Kier alpha value is -3.50. The molecule has 2 N–H and O–H groups in total. The van der Waals surface area contributed by atoms with Crippen LogP contribution in [-0.2, 0) is 0 Å². The summed E-state index contributed by atoms with van der Waals surface area (Å²) in [6.45, 7) is 4.18. The Morgan fingerprint density at radius 2 is 1.47 bits per heavy atom. The molecule has 1 aliphatic rings.